The van der Waals surface area contributed by atoms with Gasteiger partial charge in [-0.15, -0.1) is 0 Å². The Kier molecular flexibility index (Phi) is 28.3. The van der Waals surface area contributed by atoms with Gasteiger partial charge in [0.15, 0.2) is 11.2 Å². The molecule has 0 spiro atoms. The van der Waals surface area contributed by atoms with E-state index in [4.69, 9.17) is 75.8 Å². The number of unbranched alkanes of at least 4 members (excludes halogenated alkanes) is 1. The van der Waals surface area contributed by atoms with Gasteiger partial charge < -0.3 is 80.6 Å². The molecule has 624 valence electrons. The van der Waals surface area contributed by atoms with E-state index in [1.165, 1.54) is 6.92 Å². The lowest BCUT2D eigenvalue weighted by Gasteiger charge is -2.39. The van der Waals surface area contributed by atoms with Crippen LogP contribution in [0.25, 0.3) is 56.0 Å². The fourth-order valence-electron chi connectivity index (χ4n) is 16.0. The average molecular weight is 1630 g/mol. The summed E-state index contributed by atoms with van der Waals surface area (Å²) in [5, 5.41) is 4.01. The number of ketones is 1. The predicted octanol–water partition coefficient (Wildman–Crippen LogP) is 17.0. The van der Waals surface area contributed by atoms with Crippen molar-refractivity contribution in [2.45, 2.75) is 94.5 Å². The Bertz CT molecular complexity index is 5270. The quantitative estimate of drug-likeness (QED) is 0.0197. The molecular formula is C98H100O22. The van der Waals surface area contributed by atoms with Crippen LogP contribution in [0.1, 0.15) is 128 Å². The van der Waals surface area contributed by atoms with Crippen LogP contribution in [-0.4, -0.2) is 150 Å². The molecule has 0 aromatic heterocycles. The molecule has 0 N–H and O–H groups in total. The van der Waals surface area contributed by atoms with Gasteiger partial charge in [0.25, 0.3) is 0 Å². The van der Waals surface area contributed by atoms with E-state index in [-0.39, 0.29) is 110 Å². The molecule has 0 saturated carbocycles. The molecule has 4 aliphatic rings. The van der Waals surface area contributed by atoms with E-state index in [0.29, 0.717) is 38.4 Å². The van der Waals surface area contributed by atoms with Crippen molar-refractivity contribution in [1.82, 2.24) is 0 Å². The van der Waals surface area contributed by atoms with Crippen LogP contribution in [-0.2, 0) is 98.5 Å². The molecule has 0 fully saturated rings. The number of rotatable bonds is 39. The maximum Gasteiger partial charge on any atom is 0.306 e. The molecule has 22 nitrogen and oxygen atoms in total. The zero-order valence-electron chi connectivity index (χ0n) is 68.9. The first-order valence-corrected chi connectivity index (χ1v) is 40.3. The molecule has 22 heteroatoms. The monoisotopic (exact) mass is 1630 g/mol. The van der Waals surface area contributed by atoms with Crippen molar-refractivity contribution in [2.24, 2.45) is 0 Å². The average Bonchev–Trinajstić information content (AvgIpc) is 1.51. The summed E-state index contributed by atoms with van der Waals surface area (Å²) >= 11 is 0. The van der Waals surface area contributed by atoms with E-state index >= 15 is 0 Å². The zero-order valence-corrected chi connectivity index (χ0v) is 68.9. The highest BCUT2D eigenvalue weighted by Crippen LogP contribution is 2.61. The highest BCUT2D eigenvalue weighted by Gasteiger charge is 2.49. The van der Waals surface area contributed by atoms with Gasteiger partial charge in [-0.2, -0.15) is 0 Å². The number of hydrogen-bond donors (Lipinski definition) is 0. The van der Waals surface area contributed by atoms with Gasteiger partial charge in [0, 0.05) is 81.7 Å². The number of methoxy groups -OCH3 is 5. The van der Waals surface area contributed by atoms with E-state index in [1.54, 1.807) is 35.5 Å². The van der Waals surface area contributed by atoms with Crippen molar-refractivity contribution in [3.05, 3.63) is 262 Å². The fraction of sp³-hybridized carbons (Fsp3) is 0.327. The SMILES string of the molecule is COCCOCCOC(=O)CCCCC(=O)OCCOCCOC(=O)CCC(=O)OCCOC1(C)c2ccccc2-c2c1c1c(c3ccccc23)OC(c2ccc(OC)cc2)(c2ccc(OC)cc2)C=C1.COc1ccc(C2(c3ccc(OC)cc3)C=Cc3c4c(c5ccccc5c3O2)-c2ccccc2C4(C)OCCOC(=O)CCC(C)=O)cc1. The summed E-state index contributed by atoms with van der Waals surface area (Å²) in [6, 6.07) is 64.8. The van der Waals surface area contributed by atoms with Gasteiger partial charge in [0.1, 0.15) is 84.5 Å². The second-order valence-corrected chi connectivity index (χ2v) is 29.4. The zero-order chi connectivity index (χ0) is 84.2. The van der Waals surface area contributed by atoms with Crippen LogP contribution in [0, 0.1) is 0 Å². The minimum atomic E-state index is -1.01. The van der Waals surface area contributed by atoms with E-state index in [1.807, 2.05) is 153 Å². The number of fused-ring (bicyclic) bond motifs is 16. The van der Waals surface area contributed by atoms with E-state index < -0.39 is 46.3 Å². The molecule has 0 saturated heterocycles. The van der Waals surface area contributed by atoms with Gasteiger partial charge in [-0.3, -0.25) is 24.0 Å². The van der Waals surface area contributed by atoms with Gasteiger partial charge >= 0.3 is 29.8 Å². The number of carbonyl (C=O) groups excluding carboxylic acids is 6. The molecule has 120 heavy (non-hydrogen) atoms. The Balaban J connectivity index is 0.000000221. The highest BCUT2D eigenvalue weighted by molar-refractivity contribution is 6.10. The fourth-order valence-corrected chi connectivity index (χ4v) is 16.0. The third-order valence-electron chi connectivity index (χ3n) is 22.0. The number of carbonyl (C=O) groups is 6. The maximum absolute atomic E-state index is 12.8. The van der Waals surface area contributed by atoms with Crippen molar-refractivity contribution >= 4 is 69.3 Å². The molecule has 2 heterocycles. The topological polar surface area (TPSA) is 250 Å². The van der Waals surface area contributed by atoms with E-state index in [2.05, 4.69) is 79.8 Å². The lowest BCUT2D eigenvalue weighted by Crippen LogP contribution is -2.35. The Morgan fingerprint density at radius 3 is 0.958 bits per heavy atom. The minimum absolute atomic E-state index is 0.0320. The first kappa shape index (κ1) is 85.7. The second-order valence-electron chi connectivity index (χ2n) is 29.4. The molecule has 0 bridgehead atoms. The largest absolute Gasteiger partial charge is 0.497 e. The summed E-state index contributed by atoms with van der Waals surface area (Å²) in [7, 11) is 8.18. The first-order valence-electron chi connectivity index (χ1n) is 40.3. The van der Waals surface area contributed by atoms with Crippen LogP contribution in [0.5, 0.6) is 34.5 Å². The molecule has 14 rings (SSSR count). The number of Topliss-reactive ketones (excluding diaryl/α,β-unsaturated/α-hetero) is 1. The summed E-state index contributed by atoms with van der Waals surface area (Å²) < 4.78 is 92.2. The lowest BCUT2D eigenvalue weighted by molar-refractivity contribution is -0.153. The standard InChI is InChI=1S/C56H62O15.C42H38O7/c1-55(70-38-37-69-51(60)26-25-50(59)68-36-33-65-32-35-67-49(58)16-10-9-15-48(57)66-34-31-64-30-29-61-2)47-14-8-7-13-45(47)52-43-11-5-6-12-44(43)54-46(53(52)55)27-28-56(71-54,39-17-21-41(62-3)22-18-39)40-19-23-42(63-4)24-20-40;1-27(43)13-22-37(44)47-25-26-48-41(2)36-12-8-7-11-34(36)38-32-9-5-6-10-33(32)40-35(39(38)41)23-24-42(49-40,28-14-18-30(45-3)19-15-28)29-16-20-31(46-4)21-17-29/h5-8,11-14,17-24,27-28H,9-10,15-16,25-26,29-38H2,1-4H3;5-12,14-21,23-24H,13,22,25-26H2,1-4H3. The van der Waals surface area contributed by atoms with Crippen LogP contribution in [0.4, 0.5) is 0 Å². The van der Waals surface area contributed by atoms with E-state index in [9.17, 15) is 28.8 Å². The number of ether oxygens (including phenoxy) is 16. The van der Waals surface area contributed by atoms with Gasteiger partial charge in [-0.25, -0.2) is 0 Å². The molecule has 0 amide bonds. The summed E-state index contributed by atoms with van der Waals surface area (Å²) in [4.78, 5) is 72.6. The van der Waals surface area contributed by atoms with Crippen LogP contribution in [0.3, 0.4) is 0 Å². The molecular weight excluding hydrogens is 1530 g/mol. The number of hydrogen-bond acceptors (Lipinski definition) is 22. The third-order valence-corrected chi connectivity index (χ3v) is 22.0. The maximum atomic E-state index is 12.8. The highest BCUT2D eigenvalue weighted by atomic mass is 16.6. The molecule has 2 atom stereocenters. The number of benzene rings is 10. The van der Waals surface area contributed by atoms with Gasteiger partial charge in [0.05, 0.1) is 93.9 Å². The minimum Gasteiger partial charge on any atom is -0.497 e. The molecule has 0 radical (unpaired) electrons. The van der Waals surface area contributed by atoms with Crippen molar-refractivity contribution in [1.29, 1.82) is 0 Å². The third kappa shape index (κ3) is 18.8. The van der Waals surface area contributed by atoms with Crippen LogP contribution >= 0.6 is 0 Å². The second kappa shape index (κ2) is 39.6. The molecule has 2 aliphatic carbocycles. The smallest absolute Gasteiger partial charge is 0.306 e. The van der Waals surface area contributed by atoms with Crippen LogP contribution in [0.15, 0.2) is 206 Å². The molecule has 2 aliphatic heterocycles. The van der Waals surface area contributed by atoms with Gasteiger partial charge in [0.2, 0.25) is 0 Å². The molecule has 10 aromatic rings. The Labute approximate surface area is 698 Å². The van der Waals surface area contributed by atoms with Gasteiger partial charge in [-0.05, 0) is 138 Å². The van der Waals surface area contributed by atoms with E-state index in [0.717, 1.165) is 128 Å². The van der Waals surface area contributed by atoms with Crippen molar-refractivity contribution in [2.75, 3.05) is 115 Å². The van der Waals surface area contributed by atoms with Crippen LogP contribution < -0.4 is 28.4 Å². The summed E-state index contributed by atoms with van der Waals surface area (Å²) in [5.41, 5.74) is 9.95. The first-order chi connectivity index (χ1) is 58.4. The normalized spacial score (nSPS) is 15.6. The van der Waals surface area contributed by atoms with Crippen molar-refractivity contribution in [3.63, 3.8) is 0 Å². The Hall–Kier alpha value is -12.2. The summed E-state index contributed by atoms with van der Waals surface area (Å²) in [5.74, 6) is 2.09. The summed E-state index contributed by atoms with van der Waals surface area (Å²) in [6.45, 7) is 7.44. The van der Waals surface area contributed by atoms with Crippen molar-refractivity contribution in [3.8, 4) is 56.8 Å². The lowest BCUT2D eigenvalue weighted by atomic mass is 9.80. The Morgan fingerprint density at radius 2 is 0.625 bits per heavy atom. The predicted molar refractivity (Wildman–Crippen MR) is 452 cm³/mol. The van der Waals surface area contributed by atoms with Gasteiger partial charge in [-0.1, -0.05) is 158 Å². The van der Waals surface area contributed by atoms with Crippen LogP contribution in [0.2, 0.25) is 0 Å². The molecule has 10 aromatic carbocycles. The Morgan fingerprint density at radius 1 is 0.325 bits per heavy atom. The van der Waals surface area contributed by atoms with Crippen molar-refractivity contribution < 1.29 is 105 Å². The molecule has 2 unspecified atom stereocenters. The number of esters is 5. The summed E-state index contributed by atoms with van der Waals surface area (Å²) in [6.07, 6.45) is 9.73.